The van der Waals surface area contributed by atoms with E-state index in [4.69, 9.17) is 5.73 Å². The first-order valence-electron chi connectivity index (χ1n) is 5.33. The van der Waals surface area contributed by atoms with Crippen molar-refractivity contribution < 1.29 is 0 Å². The summed E-state index contributed by atoms with van der Waals surface area (Å²) in [5, 5.41) is 0.880. The molecule has 0 amide bonds. The molecule has 3 heteroatoms. The molecule has 1 aliphatic carbocycles. The Morgan fingerprint density at radius 1 is 1.31 bits per heavy atom. The van der Waals surface area contributed by atoms with Gasteiger partial charge >= 0.3 is 0 Å². The minimum atomic E-state index is 0.447. The fourth-order valence-electron chi connectivity index (χ4n) is 2.72. The second kappa shape index (κ2) is 4.20. The SMILES string of the molecule is CSC1CCCC1N1CCC(N)C1. The summed E-state index contributed by atoms with van der Waals surface area (Å²) in [4.78, 5) is 2.62. The maximum atomic E-state index is 5.93. The van der Waals surface area contributed by atoms with Gasteiger partial charge in [0.15, 0.2) is 0 Å². The quantitative estimate of drug-likeness (QED) is 0.728. The molecule has 1 heterocycles. The van der Waals surface area contributed by atoms with Crippen LogP contribution in [0.5, 0.6) is 0 Å². The fourth-order valence-corrected chi connectivity index (χ4v) is 3.74. The van der Waals surface area contributed by atoms with E-state index in [1.807, 2.05) is 11.8 Å². The van der Waals surface area contributed by atoms with Gasteiger partial charge in [0.2, 0.25) is 0 Å². The van der Waals surface area contributed by atoms with Gasteiger partial charge in [-0.1, -0.05) is 6.42 Å². The highest BCUT2D eigenvalue weighted by Gasteiger charge is 2.34. The fraction of sp³-hybridized carbons (Fsp3) is 1.00. The minimum absolute atomic E-state index is 0.447. The van der Waals surface area contributed by atoms with E-state index in [1.165, 1.54) is 32.2 Å². The van der Waals surface area contributed by atoms with Crippen molar-refractivity contribution in [2.45, 2.75) is 43.0 Å². The zero-order valence-electron chi connectivity index (χ0n) is 8.41. The van der Waals surface area contributed by atoms with Gasteiger partial charge < -0.3 is 5.73 Å². The highest BCUT2D eigenvalue weighted by atomic mass is 32.2. The van der Waals surface area contributed by atoms with Gasteiger partial charge in [0.25, 0.3) is 0 Å². The van der Waals surface area contributed by atoms with E-state index in [0.717, 1.165) is 17.8 Å². The Labute approximate surface area is 85.2 Å². The first-order chi connectivity index (χ1) is 6.31. The van der Waals surface area contributed by atoms with Crippen LogP contribution in [0.15, 0.2) is 0 Å². The van der Waals surface area contributed by atoms with E-state index in [9.17, 15) is 0 Å². The molecule has 2 N–H and O–H groups in total. The number of rotatable bonds is 2. The molecule has 1 aliphatic heterocycles. The van der Waals surface area contributed by atoms with Crippen LogP contribution in [0, 0.1) is 0 Å². The third kappa shape index (κ3) is 2.03. The molecule has 0 aromatic rings. The Bertz CT molecular complexity index is 174. The van der Waals surface area contributed by atoms with Gasteiger partial charge in [-0.25, -0.2) is 0 Å². The Morgan fingerprint density at radius 3 is 2.77 bits per heavy atom. The molecule has 0 aromatic heterocycles. The molecule has 2 fully saturated rings. The number of hydrogen-bond donors (Lipinski definition) is 1. The summed E-state index contributed by atoms with van der Waals surface area (Å²) in [5.41, 5.74) is 5.93. The lowest BCUT2D eigenvalue weighted by Crippen LogP contribution is -2.39. The molecule has 2 rings (SSSR count). The zero-order valence-corrected chi connectivity index (χ0v) is 9.22. The van der Waals surface area contributed by atoms with Crippen molar-refractivity contribution in [3.63, 3.8) is 0 Å². The van der Waals surface area contributed by atoms with Gasteiger partial charge in [0.05, 0.1) is 0 Å². The molecule has 1 saturated heterocycles. The second-order valence-corrected chi connectivity index (χ2v) is 5.39. The normalized spacial score (nSPS) is 41.5. The first-order valence-corrected chi connectivity index (χ1v) is 6.62. The third-order valence-electron chi connectivity index (χ3n) is 3.45. The van der Waals surface area contributed by atoms with Crippen LogP contribution in [-0.4, -0.2) is 41.6 Å². The smallest absolute Gasteiger partial charge is 0.0215 e. The van der Waals surface area contributed by atoms with E-state index in [1.54, 1.807) is 0 Å². The Balaban J connectivity index is 1.92. The molecule has 3 unspecified atom stereocenters. The van der Waals surface area contributed by atoms with Gasteiger partial charge in [-0.05, 0) is 25.5 Å². The molecule has 0 bridgehead atoms. The van der Waals surface area contributed by atoms with Crippen molar-refractivity contribution in [2.75, 3.05) is 19.3 Å². The Hall–Kier alpha value is 0.270. The Kier molecular flexibility index (Phi) is 3.17. The summed E-state index contributed by atoms with van der Waals surface area (Å²) in [7, 11) is 0. The van der Waals surface area contributed by atoms with Crippen LogP contribution >= 0.6 is 11.8 Å². The van der Waals surface area contributed by atoms with Crippen molar-refractivity contribution >= 4 is 11.8 Å². The monoisotopic (exact) mass is 200 g/mol. The molecule has 0 spiro atoms. The summed E-state index contributed by atoms with van der Waals surface area (Å²) < 4.78 is 0. The van der Waals surface area contributed by atoms with Crippen LogP contribution < -0.4 is 5.73 Å². The molecule has 76 valence electrons. The first kappa shape index (κ1) is 9.81. The van der Waals surface area contributed by atoms with Crippen LogP contribution in [0.1, 0.15) is 25.7 Å². The van der Waals surface area contributed by atoms with Crippen LogP contribution in [0.25, 0.3) is 0 Å². The lowest BCUT2D eigenvalue weighted by molar-refractivity contribution is 0.248. The second-order valence-electron chi connectivity index (χ2n) is 4.32. The highest BCUT2D eigenvalue weighted by Crippen LogP contribution is 2.33. The summed E-state index contributed by atoms with van der Waals surface area (Å²) in [6.07, 6.45) is 7.69. The van der Waals surface area contributed by atoms with Gasteiger partial charge in [0, 0.05) is 30.4 Å². The number of nitrogens with two attached hydrogens (primary N) is 1. The molecule has 2 nitrogen and oxygen atoms in total. The Morgan fingerprint density at radius 2 is 2.15 bits per heavy atom. The zero-order chi connectivity index (χ0) is 9.26. The number of hydrogen-bond acceptors (Lipinski definition) is 3. The number of nitrogens with zero attached hydrogens (tertiary/aromatic N) is 1. The number of likely N-dealkylation sites (tertiary alicyclic amines) is 1. The third-order valence-corrected chi connectivity index (χ3v) is 4.60. The summed E-state index contributed by atoms with van der Waals surface area (Å²) >= 11 is 2.05. The molecule has 0 radical (unpaired) electrons. The number of thioether (sulfide) groups is 1. The molecular weight excluding hydrogens is 180 g/mol. The van der Waals surface area contributed by atoms with Crippen LogP contribution in [0.3, 0.4) is 0 Å². The van der Waals surface area contributed by atoms with E-state index < -0.39 is 0 Å². The molecule has 3 atom stereocenters. The summed E-state index contributed by atoms with van der Waals surface area (Å²) in [5.74, 6) is 0. The standard InChI is InChI=1S/C10H20N2S/c1-13-10-4-2-3-9(10)12-6-5-8(11)7-12/h8-10H,2-7,11H2,1H3. The van der Waals surface area contributed by atoms with Gasteiger partial charge in [-0.2, -0.15) is 11.8 Å². The summed E-state index contributed by atoms with van der Waals surface area (Å²) in [6.45, 7) is 2.38. The van der Waals surface area contributed by atoms with Crippen LogP contribution in [0.4, 0.5) is 0 Å². The predicted molar refractivity (Wildman–Crippen MR) is 59.1 cm³/mol. The topological polar surface area (TPSA) is 29.3 Å². The van der Waals surface area contributed by atoms with Crippen molar-refractivity contribution in [2.24, 2.45) is 5.73 Å². The molecule has 2 aliphatic rings. The summed E-state index contributed by atoms with van der Waals surface area (Å²) in [6, 6.07) is 1.28. The maximum absolute atomic E-state index is 5.93. The minimum Gasteiger partial charge on any atom is -0.326 e. The van der Waals surface area contributed by atoms with Crippen molar-refractivity contribution in [1.82, 2.24) is 4.90 Å². The maximum Gasteiger partial charge on any atom is 0.0215 e. The van der Waals surface area contributed by atoms with Crippen LogP contribution in [0.2, 0.25) is 0 Å². The van der Waals surface area contributed by atoms with E-state index in [0.29, 0.717) is 6.04 Å². The van der Waals surface area contributed by atoms with Crippen molar-refractivity contribution in [1.29, 1.82) is 0 Å². The van der Waals surface area contributed by atoms with Gasteiger partial charge in [0.1, 0.15) is 0 Å². The lowest BCUT2D eigenvalue weighted by Gasteiger charge is -2.28. The molecule has 0 aromatic carbocycles. The van der Waals surface area contributed by atoms with Crippen molar-refractivity contribution in [3.05, 3.63) is 0 Å². The van der Waals surface area contributed by atoms with E-state index in [2.05, 4.69) is 11.2 Å². The largest absolute Gasteiger partial charge is 0.326 e. The van der Waals surface area contributed by atoms with Crippen molar-refractivity contribution in [3.8, 4) is 0 Å². The molecular formula is C10H20N2S. The van der Waals surface area contributed by atoms with E-state index >= 15 is 0 Å². The molecule has 1 saturated carbocycles. The van der Waals surface area contributed by atoms with Gasteiger partial charge in [-0.3, -0.25) is 4.90 Å². The average molecular weight is 200 g/mol. The van der Waals surface area contributed by atoms with Crippen LogP contribution in [-0.2, 0) is 0 Å². The molecule has 13 heavy (non-hydrogen) atoms. The average Bonchev–Trinajstić information content (AvgIpc) is 2.71. The van der Waals surface area contributed by atoms with E-state index in [-0.39, 0.29) is 0 Å². The highest BCUT2D eigenvalue weighted by molar-refractivity contribution is 7.99. The van der Waals surface area contributed by atoms with Gasteiger partial charge in [-0.15, -0.1) is 0 Å². The predicted octanol–water partition coefficient (Wildman–Crippen LogP) is 1.30. The lowest BCUT2D eigenvalue weighted by atomic mass is 10.2.